The Balaban J connectivity index is 1.55. The summed E-state index contributed by atoms with van der Waals surface area (Å²) < 4.78 is 5.83. The van der Waals surface area contributed by atoms with Crippen LogP contribution in [-0.2, 0) is 4.79 Å². The summed E-state index contributed by atoms with van der Waals surface area (Å²) >= 11 is 0. The third-order valence-corrected chi connectivity index (χ3v) is 4.56. The van der Waals surface area contributed by atoms with Crippen LogP contribution in [0, 0.1) is 0 Å². The molecular formula is C19H26N2O2. The number of para-hydroxylation sites is 1. The summed E-state index contributed by atoms with van der Waals surface area (Å²) in [6.07, 6.45) is 6.31. The van der Waals surface area contributed by atoms with Gasteiger partial charge in [-0.15, -0.1) is 0 Å². The van der Waals surface area contributed by atoms with Gasteiger partial charge in [-0.3, -0.25) is 9.69 Å². The van der Waals surface area contributed by atoms with Crippen molar-refractivity contribution in [3.05, 3.63) is 36.1 Å². The highest BCUT2D eigenvalue weighted by Gasteiger charge is 2.17. The van der Waals surface area contributed by atoms with Gasteiger partial charge in [-0.2, -0.15) is 0 Å². The predicted molar refractivity (Wildman–Crippen MR) is 92.3 cm³/mol. The average Bonchev–Trinajstić information content (AvgIpc) is 2.94. The van der Waals surface area contributed by atoms with Crippen molar-refractivity contribution in [2.24, 2.45) is 0 Å². The molecule has 1 fully saturated rings. The number of fused-ring (bicyclic) bond motifs is 1. The fraction of sp³-hybridized carbons (Fsp3) is 0.526. The molecule has 23 heavy (non-hydrogen) atoms. The fourth-order valence-electron chi connectivity index (χ4n) is 3.25. The molecule has 124 valence electrons. The molecule has 2 aromatic rings. The van der Waals surface area contributed by atoms with Crippen LogP contribution in [0.5, 0.6) is 0 Å². The standard InChI is InChI=1S/C19H26N2O2/c1-15(18-13-16-9-5-6-10-17(16)23-18)20-19(22)14-21-11-7-3-2-4-8-12-21/h5-6,9-10,13,15H,2-4,7-8,11-12,14H2,1H3,(H,20,22)/t15-/m0/s1. The molecule has 1 aromatic carbocycles. The van der Waals surface area contributed by atoms with E-state index < -0.39 is 0 Å². The Morgan fingerprint density at radius 2 is 1.87 bits per heavy atom. The SMILES string of the molecule is C[C@H](NC(=O)CN1CCCCCCC1)c1cc2ccccc2o1. The van der Waals surface area contributed by atoms with Crippen LogP contribution in [0.4, 0.5) is 0 Å². The minimum atomic E-state index is -0.107. The molecule has 0 radical (unpaired) electrons. The number of carbonyl (C=O) groups is 1. The van der Waals surface area contributed by atoms with Crippen molar-refractivity contribution in [2.75, 3.05) is 19.6 Å². The molecule has 0 saturated carbocycles. The maximum Gasteiger partial charge on any atom is 0.234 e. The first-order chi connectivity index (χ1) is 11.2. The lowest BCUT2D eigenvalue weighted by Crippen LogP contribution is -2.39. The molecule has 1 aliphatic rings. The highest BCUT2D eigenvalue weighted by atomic mass is 16.3. The monoisotopic (exact) mass is 314 g/mol. The van der Waals surface area contributed by atoms with E-state index in [0.717, 1.165) is 29.8 Å². The van der Waals surface area contributed by atoms with E-state index in [4.69, 9.17) is 4.42 Å². The van der Waals surface area contributed by atoms with Gasteiger partial charge in [-0.25, -0.2) is 0 Å². The van der Waals surface area contributed by atoms with Crippen molar-refractivity contribution in [1.29, 1.82) is 0 Å². The van der Waals surface area contributed by atoms with E-state index in [1.165, 1.54) is 32.1 Å². The molecular weight excluding hydrogens is 288 g/mol. The van der Waals surface area contributed by atoms with Gasteiger partial charge in [0.05, 0.1) is 12.6 Å². The molecule has 1 N–H and O–H groups in total. The minimum Gasteiger partial charge on any atom is -0.459 e. The minimum absolute atomic E-state index is 0.0820. The van der Waals surface area contributed by atoms with E-state index in [1.807, 2.05) is 37.3 Å². The highest BCUT2D eigenvalue weighted by Crippen LogP contribution is 2.23. The van der Waals surface area contributed by atoms with Crippen LogP contribution in [0.15, 0.2) is 34.7 Å². The van der Waals surface area contributed by atoms with Crippen LogP contribution < -0.4 is 5.32 Å². The number of hydrogen-bond donors (Lipinski definition) is 1. The average molecular weight is 314 g/mol. The van der Waals surface area contributed by atoms with E-state index >= 15 is 0 Å². The van der Waals surface area contributed by atoms with Gasteiger partial charge in [0.2, 0.25) is 5.91 Å². The van der Waals surface area contributed by atoms with Gasteiger partial charge >= 0.3 is 0 Å². The van der Waals surface area contributed by atoms with Gasteiger partial charge in [0, 0.05) is 5.39 Å². The quantitative estimate of drug-likeness (QED) is 0.931. The maximum atomic E-state index is 12.3. The Hall–Kier alpha value is -1.81. The first kappa shape index (κ1) is 16.1. The Bertz CT molecular complexity index is 609. The number of benzene rings is 1. The number of rotatable bonds is 4. The lowest BCUT2D eigenvalue weighted by molar-refractivity contribution is -0.123. The molecule has 1 saturated heterocycles. The Kier molecular flexibility index (Phi) is 5.34. The summed E-state index contributed by atoms with van der Waals surface area (Å²) in [5.74, 6) is 0.894. The zero-order chi connectivity index (χ0) is 16.1. The molecule has 0 aliphatic carbocycles. The summed E-state index contributed by atoms with van der Waals surface area (Å²) in [4.78, 5) is 14.6. The number of nitrogens with zero attached hydrogens (tertiary/aromatic N) is 1. The van der Waals surface area contributed by atoms with Gasteiger partial charge in [-0.1, -0.05) is 37.5 Å². The Labute approximate surface area is 137 Å². The number of carbonyl (C=O) groups excluding carboxylic acids is 1. The number of hydrogen-bond acceptors (Lipinski definition) is 3. The van der Waals surface area contributed by atoms with Gasteiger partial charge < -0.3 is 9.73 Å². The van der Waals surface area contributed by atoms with Crippen molar-refractivity contribution >= 4 is 16.9 Å². The van der Waals surface area contributed by atoms with Gasteiger partial charge in [0.1, 0.15) is 11.3 Å². The van der Waals surface area contributed by atoms with E-state index in [9.17, 15) is 4.79 Å². The lowest BCUT2D eigenvalue weighted by Gasteiger charge is -2.24. The Morgan fingerprint density at radius 1 is 1.17 bits per heavy atom. The van der Waals surface area contributed by atoms with Crippen LogP contribution in [0.25, 0.3) is 11.0 Å². The molecule has 0 unspecified atom stereocenters. The Morgan fingerprint density at radius 3 is 2.61 bits per heavy atom. The molecule has 4 nitrogen and oxygen atoms in total. The molecule has 1 atom stereocenters. The van der Waals surface area contributed by atoms with Crippen LogP contribution >= 0.6 is 0 Å². The summed E-state index contributed by atoms with van der Waals surface area (Å²) in [7, 11) is 0. The summed E-state index contributed by atoms with van der Waals surface area (Å²) in [5.41, 5.74) is 0.868. The van der Waals surface area contributed by atoms with Crippen molar-refractivity contribution < 1.29 is 9.21 Å². The van der Waals surface area contributed by atoms with Crippen LogP contribution in [0.2, 0.25) is 0 Å². The first-order valence-electron chi connectivity index (χ1n) is 8.72. The molecule has 1 aliphatic heterocycles. The molecule has 3 rings (SSSR count). The third-order valence-electron chi connectivity index (χ3n) is 4.56. The fourth-order valence-corrected chi connectivity index (χ4v) is 3.25. The molecule has 1 aromatic heterocycles. The van der Waals surface area contributed by atoms with Crippen LogP contribution in [-0.4, -0.2) is 30.4 Å². The van der Waals surface area contributed by atoms with Crippen LogP contribution in [0.1, 0.15) is 50.8 Å². The molecule has 1 amide bonds. The second-order valence-electron chi connectivity index (χ2n) is 6.52. The van der Waals surface area contributed by atoms with Gasteiger partial charge in [0.25, 0.3) is 0 Å². The molecule has 0 bridgehead atoms. The van der Waals surface area contributed by atoms with Crippen molar-refractivity contribution in [1.82, 2.24) is 10.2 Å². The summed E-state index contributed by atoms with van der Waals surface area (Å²) in [6.45, 7) is 4.53. The number of nitrogens with one attached hydrogen (secondary N) is 1. The largest absolute Gasteiger partial charge is 0.459 e. The maximum absolute atomic E-state index is 12.3. The normalized spacial score (nSPS) is 18.3. The molecule has 2 heterocycles. The van der Waals surface area contributed by atoms with Crippen molar-refractivity contribution in [2.45, 2.75) is 45.1 Å². The third kappa shape index (κ3) is 4.35. The second kappa shape index (κ2) is 7.64. The predicted octanol–water partition coefficient (Wildman–Crippen LogP) is 3.88. The summed E-state index contributed by atoms with van der Waals surface area (Å²) in [6, 6.07) is 9.83. The zero-order valence-corrected chi connectivity index (χ0v) is 13.9. The second-order valence-corrected chi connectivity index (χ2v) is 6.52. The van der Waals surface area contributed by atoms with Gasteiger partial charge in [0.15, 0.2) is 0 Å². The molecule has 0 spiro atoms. The smallest absolute Gasteiger partial charge is 0.234 e. The van der Waals surface area contributed by atoms with Crippen molar-refractivity contribution in [3.63, 3.8) is 0 Å². The lowest BCUT2D eigenvalue weighted by atomic mass is 10.1. The van der Waals surface area contributed by atoms with Crippen LogP contribution in [0.3, 0.4) is 0 Å². The van der Waals surface area contributed by atoms with Crippen molar-refractivity contribution in [3.8, 4) is 0 Å². The first-order valence-corrected chi connectivity index (χ1v) is 8.72. The molecule has 4 heteroatoms. The number of likely N-dealkylation sites (tertiary alicyclic amines) is 1. The van der Waals surface area contributed by atoms with E-state index in [0.29, 0.717) is 6.54 Å². The van der Waals surface area contributed by atoms with E-state index in [-0.39, 0.29) is 11.9 Å². The van der Waals surface area contributed by atoms with E-state index in [2.05, 4.69) is 10.2 Å². The van der Waals surface area contributed by atoms with E-state index in [1.54, 1.807) is 0 Å². The highest BCUT2D eigenvalue weighted by molar-refractivity contribution is 5.80. The number of amides is 1. The number of furan rings is 1. The zero-order valence-electron chi connectivity index (χ0n) is 13.9. The van der Waals surface area contributed by atoms with Gasteiger partial charge in [-0.05, 0) is 45.0 Å². The summed E-state index contributed by atoms with van der Waals surface area (Å²) in [5, 5.41) is 4.14. The topological polar surface area (TPSA) is 45.5 Å².